The molecular weight excluding hydrogens is 413 g/mol. The number of ether oxygens (including phenoxy) is 1. The van der Waals surface area contributed by atoms with Gasteiger partial charge in [0, 0.05) is 50.7 Å². The lowest BCUT2D eigenvalue weighted by Gasteiger charge is -2.24. The van der Waals surface area contributed by atoms with Crippen LogP contribution in [-0.4, -0.2) is 64.5 Å². The number of pyridine rings is 1. The highest BCUT2D eigenvalue weighted by Crippen LogP contribution is 2.31. The van der Waals surface area contributed by atoms with Gasteiger partial charge in [0.15, 0.2) is 7.28 Å². The first kappa shape index (κ1) is 22.9. The zero-order valence-corrected chi connectivity index (χ0v) is 19.7. The van der Waals surface area contributed by atoms with Gasteiger partial charge in [0.1, 0.15) is 17.7 Å². The molecule has 1 aromatic carbocycles. The summed E-state index contributed by atoms with van der Waals surface area (Å²) in [6.45, 7) is 5.00. The maximum Gasteiger partial charge on any atom is 0.262 e. The minimum Gasteiger partial charge on any atom is -0.487 e. The van der Waals surface area contributed by atoms with Crippen molar-refractivity contribution in [2.24, 2.45) is 0 Å². The van der Waals surface area contributed by atoms with Crippen molar-refractivity contribution in [2.45, 2.75) is 19.4 Å². The lowest BCUT2D eigenvalue weighted by atomic mass is 9.70. The predicted octanol–water partition coefficient (Wildman–Crippen LogP) is 2.81. The van der Waals surface area contributed by atoms with Gasteiger partial charge in [-0.2, -0.15) is 0 Å². The van der Waals surface area contributed by atoms with Gasteiger partial charge in [-0.05, 0) is 39.1 Å². The third kappa shape index (κ3) is 5.22. The van der Waals surface area contributed by atoms with Gasteiger partial charge in [-0.1, -0.05) is 23.7 Å². The molecule has 1 amide bonds. The fraction of sp³-hybridized carbons (Fsp3) is 0.360. The summed E-state index contributed by atoms with van der Waals surface area (Å²) in [4.78, 5) is 21.9. The van der Waals surface area contributed by atoms with Crippen LogP contribution in [0.25, 0.3) is 0 Å². The summed E-state index contributed by atoms with van der Waals surface area (Å²) in [5, 5.41) is 6.44. The second kappa shape index (κ2) is 10.6. The van der Waals surface area contributed by atoms with Gasteiger partial charge in [0.25, 0.3) is 5.91 Å². The molecule has 4 rings (SSSR count). The van der Waals surface area contributed by atoms with Gasteiger partial charge in [0.2, 0.25) is 0 Å². The van der Waals surface area contributed by atoms with E-state index in [1.165, 1.54) is 5.47 Å². The van der Waals surface area contributed by atoms with E-state index in [9.17, 15) is 4.79 Å². The number of nitrogens with zero attached hydrogens (tertiary/aromatic N) is 3. The Morgan fingerprint density at radius 3 is 2.91 bits per heavy atom. The number of anilines is 3. The Balaban J connectivity index is 1.57. The molecule has 2 aliphatic heterocycles. The number of allylic oxidation sites excluding steroid dienone is 2. The topological polar surface area (TPSA) is 69.7 Å². The monoisotopic (exact) mass is 445 g/mol. The number of amides is 1. The molecule has 8 heteroatoms. The van der Waals surface area contributed by atoms with Crippen LogP contribution in [0.5, 0.6) is 5.75 Å². The molecule has 33 heavy (non-hydrogen) atoms. The Bertz CT molecular complexity index is 1050. The van der Waals surface area contributed by atoms with Crippen LogP contribution in [0.4, 0.5) is 17.2 Å². The third-order valence-electron chi connectivity index (χ3n) is 6.06. The van der Waals surface area contributed by atoms with Crippen molar-refractivity contribution in [1.29, 1.82) is 0 Å². The lowest BCUT2D eigenvalue weighted by molar-refractivity contribution is 0.0990. The molecule has 7 nitrogen and oxygen atoms in total. The maximum absolute atomic E-state index is 13.5. The van der Waals surface area contributed by atoms with Gasteiger partial charge in [0.05, 0.1) is 11.3 Å². The Morgan fingerprint density at radius 1 is 1.27 bits per heavy atom. The molecule has 0 aliphatic carbocycles. The Hall–Kier alpha value is -3.26. The van der Waals surface area contributed by atoms with Crippen molar-refractivity contribution in [1.82, 2.24) is 10.3 Å². The highest BCUT2D eigenvalue weighted by atomic mass is 16.5. The number of hydrogen-bond donors (Lipinski definition) is 2. The molecule has 1 aromatic heterocycles. The van der Waals surface area contributed by atoms with E-state index in [4.69, 9.17) is 4.74 Å². The summed E-state index contributed by atoms with van der Waals surface area (Å²) in [5.74, 6) is 3.66. The lowest BCUT2D eigenvalue weighted by Crippen LogP contribution is -2.33. The smallest absolute Gasteiger partial charge is 0.262 e. The first-order valence-corrected chi connectivity index (χ1v) is 11.6. The maximum atomic E-state index is 13.5. The molecule has 172 valence electrons. The van der Waals surface area contributed by atoms with E-state index in [1.54, 1.807) is 6.20 Å². The molecule has 2 aromatic rings. The number of nitrogens with one attached hydrogen (secondary N) is 2. The number of rotatable bonds is 9. The normalized spacial score (nSPS) is 16.1. The summed E-state index contributed by atoms with van der Waals surface area (Å²) in [7, 11) is 4.89. The first-order valence-electron chi connectivity index (χ1n) is 11.6. The van der Waals surface area contributed by atoms with Gasteiger partial charge in [-0.3, -0.25) is 4.79 Å². The average molecular weight is 445 g/mol. The van der Waals surface area contributed by atoms with Gasteiger partial charge in [-0.15, -0.1) is 5.98 Å². The second-order valence-corrected chi connectivity index (χ2v) is 8.37. The molecule has 2 aliphatic rings. The fourth-order valence-electron chi connectivity index (χ4n) is 4.25. The number of aromatic nitrogens is 1. The van der Waals surface area contributed by atoms with Crippen molar-refractivity contribution in [3.63, 3.8) is 0 Å². The SMILES string of the molecule is CCNc1cc2c(cn1)C(=O)N(c1cccc(OC(CCNC)C3=CC=CB3)c1)CCN2C. The Kier molecular flexibility index (Phi) is 7.34. The second-order valence-electron chi connectivity index (χ2n) is 8.37. The molecule has 0 spiro atoms. The van der Waals surface area contributed by atoms with Crippen LogP contribution >= 0.6 is 0 Å². The predicted molar refractivity (Wildman–Crippen MR) is 137 cm³/mol. The quantitative estimate of drug-likeness (QED) is 0.579. The van der Waals surface area contributed by atoms with E-state index in [-0.39, 0.29) is 12.0 Å². The molecule has 1 atom stereocenters. The summed E-state index contributed by atoms with van der Waals surface area (Å²) in [5.41, 5.74) is 3.62. The van der Waals surface area contributed by atoms with E-state index >= 15 is 0 Å². The van der Waals surface area contributed by atoms with Crippen LogP contribution < -0.4 is 25.2 Å². The van der Waals surface area contributed by atoms with Crippen molar-refractivity contribution in [3.8, 4) is 5.75 Å². The molecule has 0 fully saturated rings. The summed E-state index contributed by atoms with van der Waals surface area (Å²) >= 11 is 0. The Labute approximate surface area is 196 Å². The molecule has 0 bridgehead atoms. The van der Waals surface area contributed by atoms with Crippen LogP contribution in [0.3, 0.4) is 0 Å². The fourth-order valence-corrected chi connectivity index (χ4v) is 4.25. The zero-order chi connectivity index (χ0) is 23.2. The number of carbonyl (C=O) groups is 1. The Morgan fingerprint density at radius 2 is 2.15 bits per heavy atom. The molecule has 0 saturated heterocycles. The van der Waals surface area contributed by atoms with E-state index in [0.29, 0.717) is 12.1 Å². The van der Waals surface area contributed by atoms with Gasteiger partial charge < -0.3 is 25.2 Å². The van der Waals surface area contributed by atoms with Crippen molar-refractivity contribution in [3.05, 3.63) is 65.7 Å². The van der Waals surface area contributed by atoms with E-state index in [2.05, 4.69) is 38.6 Å². The molecule has 2 N–H and O–H groups in total. The molecule has 1 unspecified atom stereocenters. The average Bonchev–Trinajstić information content (AvgIpc) is 3.33. The summed E-state index contributed by atoms with van der Waals surface area (Å²) in [6.07, 6.45) is 6.79. The first-order chi connectivity index (χ1) is 16.1. The summed E-state index contributed by atoms with van der Waals surface area (Å²) < 4.78 is 6.41. The number of fused-ring (bicyclic) bond motifs is 1. The van der Waals surface area contributed by atoms with Crippen molar-refractivity contribution >= 4 is 30.4 Å². The van der Waals surface area contributed by atoms with Crippen LogP contribution in [0, 0.1) is 0 Å². The van der Waals surface area contributed by atoms with Crippen LogP contribution in [0.1, 0.15) is 23.7 Å². The highest BCUT2D eigenvalue weighted by molar-refractivity contribution is 6.52. The highest BCUT2D eigenvalue weighted by Gasteiger charge is 2.27. The van der Waals surface area contributed by atoms with Crippen LogP contribution in [-0.2, 0) is 0 Å². The van der Waals surface area contributed by atoms with Crippen molar-refractivity contribution in [2.75, 3.05) is 55.4 Å². The van der Waals surface area contributed by atoms with Crippen LogP contribution in [0.2, 0.25) is 0 Å². The third-order valence-corrected chi connectivity index (χ3v) is 6.06. The molecular formula is C25H32BN5O2. The molecule has 0 radical (unpaired) electrons. The number of carbonyl (C=O) groups excluding carboxylic acids is 1. The van der Waals surface area contributed by atoms with Crippen molar-refractivity contribution < 1.29 is 9.53 Å². The zero-order valence-electron chi connectivity index (χ0n) is 19.7. The van der Waals surface area contributed by atoms with E-state index in [1.807, 2.05) is 56.3 Å². The minimum absolute atomic E-state index is 0.00285. The minimum atomic E-state index is -0.0449. The standard InChI is InChI=1S/C25H32BN5O2/c1-4-28-24-16-22-20(17-29-24)25(32)31(14-13-30(22)3)18-7-5-8-19(15-18)33-23(10-12-27-2)21-9-6-11-26-21/h5-9,11,15-17,23,26-27H,4,10,12-14H2,1-3H3,(H,28,29). The largest absolute Gasteiger partial charge is 0.487 e. The van der Waals surface area contributed by atoms with E-state index in [0.717, 1.165) is 56.3 Å². The number of benzene rings is 1. The molecule has 0 saturated carbocycles. The summed E-state index contributed by atoms with van der Waals surface area (Å²) in [6, 6.07) is 9.81. The number of likely N-dealkylation sites (N-methyl/N-ethyl adjacent to an activating group) is 1. The van der Waals surface area contributed by atoms with Gasteiger partial charge in [-0.25, -0.2) is 4.98 Å². The number of hydrogen-bond acceptors (Lipinski definition) is 6. The van der Waals surface area contributed by atoms with E-state index < -0.39 is 0 Å². The van der Waals surface area contributed by atoms with Gasteiger partial charge >= 0.3 is 0 Å². The molecule has 3 heterocycles. The van der Waals surface area contributed by atoms with Crippen LogP contribution in [0.15, 0.2) is 60.1 Å².